The van der Waals surface area contributed by atoms with Crippen LogP contribution in [0.4, 0.5) is 17.1 Å². The smallest absolute Gasteiger partial charge is 0.0992 e. The molecule has 0 saturated heterocycles. The lowest BCUT2D eigenvalue weighted by molar-refractivity contribution is 1.40. The van der Waals surface area contributed by atoms with Crippen LogP contribution >= 0.6 is 0 Å². The van der Waals surface area contributed by atoms with Crippen molar-refractivity contribution in [3.05, 3.63) is 53.6 Å². The highest BCUT2D eigenvalue weighted by Crippen LogP contribution is 2.22. The van der Waals surface area contributed by atoms with Gasteiger partial charge in [0.05, 0.1) is 11.6 Å². The van der Waals surface area contributed by atoms with E-state index in [1.54, 1.807) is 6.07 Å². The summed E-state index contributed by atoms with van der Waals surface area (Å²) in [6.45, 7) is 2.00. The minimum Gasteiger partial charge on any atom is -0.399 e. The number of hydrogen-bond acceptors (Lipinski definition) is 3. The summed E-state index contributed by atoms with van der Waals surface area (Å²) in [6.07, 6.45) is 0. The van der Waals surface area contributed by atoms with Gasteiger partial charge < -0.3 is 11.1 Å². The van der Waals surface area contributed by atoms with E-state index in [1.807, 2.05) is 43.3 Å². The molecule has 0 aliphatic heterocycles. The van der Waals surface area contributed by atoms with Gasteiger partial charge in [0.1, 0.15) is 0 Å². The average Bonchev–Trinajstić information content (AvgIpc) is 2.32. The average molecular weight is 223 g/mol. The van der Waals surface area contributed by atoms with E-state index in [9.17, 15) is 0 Å². The predicted molar refractivity (Wildman–Crippen MR) is 70.0 cm³/mol. The van der Waals surface area contributed by atoms with Crippen molar-refractivity contribution < 1.29 is 0 Å². The third-order valence-corrected chi connectivity index (χ3v) is 2.53. The minimum atomic E-state index is 0.641. The first kappa shape index (κ1) is 11.0. The number of benzene rings is 2. The van der Waals surface area contributed by atoms with Crippen molar-refractivity contribution in [2.24, 2.45) is 0 Å². The normalized spacial score (nSPS) is 9.65. The van der Waals surface area contributed by atoms with Gasteiger partial charge in [0.15, 0.2) is 0 Å². The molecule has 0 aliphatic rings. The molecule has 2 aromatic rings. The van der Waals surface area contributed by atoms with Gasteiger partial charge in [-0.15, -0.1) is 0 Å². The zero-order chi connectivity index (χ0) is 12.3. The summed E-state index contributed by atoms with van der Waals surface area (Å²) < 4.78 is 0. The molecule has 0 radical (unpaired) electrons. The standard InChI is InChI=1S/C14H13N3/c1-10-5-6-11(9-15)7-14(10)17-13-4-2-3-12(16)8-13/h2-8,17H,16H2,1H3. The Bertz CT molecular complexity index is 582. The topological polar surface area (TPSA) is 61.8 Å². The molecule has 2 rings (SSSR count). The Morgan fingerprint density at radius 2 is 2.00 bits per heavy atom. The van der Waals surface area contributed by atoms with Crippen LogP contribution in [0.2, 0.25) is 0 Å². The number of anilines is 3. The lowest BCUT2D eigenvalue weighted by Crippen LogP contribution is -1.95. The fourth-order valence-corrected chi connectivity index (χ4v) is 1.60. The van der Waals surface area contributed by atoms with Crippen molar-refractivity contribution in [3.63, 3.8) is 0 Å². The number of nitrogen functional groups attached to an aromatic ring is 1. The summed E-state index contributed by atoms with van der Waals surface area (Å²) in [5.74, 6) is 0. The summed E-state index contributed by atoms with van der Waals surface area (Å²) in [4.78, 5) is 0. The van der Waals surface area contributed by atoms with E-state index >= 15 is 0 Å². The molecule has 0 saturated carbocycles. The van der Waals surface area contributed by atoms with Crippen LogP contribution in [0.3, 0.4) is 0 Å². The highest BCUT2D eigenvalue weighted by Gasteiger charge is 2.01. The summed E-state index contributed by atoms with van der Waals surface area (Å²) >= 11 is 0. The van der Waals surface area contributed by atoms with E-state index in [1.165, 1.54) is 0 Å². The maximum atomic E-state index is 8.87. The molecule has 2 aromatic carbocycles. The number of aryl methyl sites for hydroxylation is 1. The largest absolute Gasteiger partial charge is 0.399 e. The molecule has 3 N–H and O–H groups in total. The van der Waals surface area contributed by atoms with Gasteiger partial charge in [0, 0.05) is 17.1 Å². The van der Waals surface area contributed by atoms with Crippen molar-refractivity contribution in [3.8, 4) is 6.07 Å². The third kappa shape index (κ3) is 2.56. The molecular formula is C14H13N3. The second-order valence-corrected chi connectivity index (χ2v) is 3.89. The van der Waals surface area contributed by atoms with Gasteiger partial charge in [-0.2, -0.15) is 5.26 Å². The van der Waals surface area contributed by atoms with Crippen LogP contribution in [0.1, 0.15) is 11.1 Å². The number of nitrogens with zero attached hydrogens (tertiary/aromatic N) is 1. The predicted octanol–water partition coefficient (Wildman–Crippen LogP) is 3.19. The maximum absolute atomic E-state index is 8.87. The highest BCUT2D eigenvalue weighted by atomic mass is 14.9. The quantitative estimate of drug-likeness (QED) is 0.768. The van der Waals surface area contributed by atoms with Gasteiger partial charge in [-0.05, 0) is 42.8 Å². The first-order valence-corrected chi connectivity index (χ1v) is 5.32. The fourth-order valence-electron chi connectivity index (χ4n) is 1.60. The number of nitrogens with two attached hydrogens (primary N) is 1. The maximum Gasteiger partial charge on any atom is 0.0992 e. The van der Waals surface area contributed by atoms with E-state index in [4.69, 9.17) is 11.0 Å². The molecule has 0 unspecified atom stereocenters. The molecule has 0 atom stereocenters. The van der Waals surface area contributed by atoms with Crippen LogP contribution < -0.4 is 11.1 Å². The van der Waals surface area contributed by atoms with Gasteiger partial charge in [-0.1, -0.05) is 12.1 Å². The molecule has 0 amide bonds. The van der Waals surface area contributed by atoms with Crippen LogP contribution in [-0.2, 0) is 0 Å². The molecule has 17 heavy (non-hydrogen) atoms. The van der Waals surface area contributed by atoms with E-state index < -0.39 is 0 Å². The molecule has 0 fully saturated rings. The number of hydrogen-bond donors (Lipinski definition) is 2. The summed E-state index contributed by atoms with van der Waals surface area (Å²) in [5.41, 5.74) is 10.0. The lowest BCUT2D eigenvalue weighted by atomic mass is 10.1. The molecule has 3 nitrogen and oxygen atoms in total. The number of nitrogens with one attached hydrogen (secondary N) is 1. The van der Waals surface area contributed by atoms with Crippen LogP contribution in [0, 0.1) is 18.3 Å². The Labute approximate surface area is 101 Å². The molecule has 0 aliphatic carbocycles. The van der Waals surface area contributed by atoms with Crippen molar-refractivity contribution >= 4 is 17.1 Å². The second kappa shape index (κ2) is 4.58. The Balaban J connectivity index is 2.33. The number of rotatable bonds is 2. The lowest BCUT2D eigenvalue weighted by Gasteiger charge is -2.10. The monoisotopic (exact) mass is 223 g/mol. The molecular weight excluding hydrogens is 210 g/mol. The molecule has 0 aromatic heterocycles. The van der Waals surface area contributed by atoms with Gasteiger partial charge in [0.25, 0.3) is 0 Å². The van der Waals surface area contributed by atoms with Gasteiger partial charge >= 0.3 is 0 Å². The van der Waals surface area contributed by atoms with Crippen LogP contribution in [-0.4, -0.2) is 0 Å². The minimum absolute atomic E-state index is 0.641. The Morgan fingerprint density at radius 3 is 2.71 bits per heavy atom. The Kier molecular flexibility index (Phi) is 2.97. The van der Waals surface area contributed by atoms with Crippen LogP contribution in [0.25, 0.3) is 0 Å². The molecule has 84 valence electrons. The summed E-state index contributed by atoms with van der Waals surface area (Å²) in [5, 5.41) is 12.1. The first-order valence-electron chi connectivity index (χ1n) is 5.32. The Morgan fingerprint density at radius 1 is 1.18 bits per heavy atom. The Hall–Kier alpha value is -2.47. The van der Waals surface area contributed by atoms with Crippen molar-refractivity contribution in [2.45, 2.75) is 6.92 Å². The number of nitriles is 1. The highest BCUT2D eigenvalue weighted by molar-refractivity contribution is 5.67. The second-order valence-electron chi connectivity index (χ2n) is 3.89. The molecule has 0 spiro atoms. The SMILES string of the molecule is Cc1ccc(C#N)cc1Nc1cccc(N)c1. The first-order chi connectivity index (χ1) is 8.19. The zero-order valence-corrected chi connectivity index (χ0v) is 9.57. The van der Waals surface area contributed by atoms with Gasteiger partial charge in [0.2, 0.25) is 0 Å². The van der Waals surface area contributed by atoms with E-state index in [2.05, 4.69) is 11.4 Å². The summed E-state index contributed by atoms with van der Waals surface area (Å²) in [7, 11) is 0. The molecule has 3 heteroatoms. The van der Waals surface area contributed by atoms with Crippen molar-refractivity contribution in [1.82, 2.24) is 0 Å². The van der Waals surface area contributed by atoms with E-state index in [-0.39, 0.29) is 0 Å². The van der Waals surface area contributed by atoms with Crippen molar-refractivity contribution in [2.75, 3.05) is 11.1 Å². The van der Waals surface area contributed by atoms with Crippen molar-refractivity contribution in [1.29, 1.82) is 5.26 Å². The van der Waals surface area contributed by atoms with E-state index in [0.717, 1.165) is 16.9 Å². The van der Waals surface area contributed by atoms with Gasteiger partial charge in [-0.25, -0.2) is 0 Å². The van der Waals surface area contributed by atoms with E-state index in [0.29, 0.717) is 11.3 Å². The molecule has 0 heterocycles. The molecule has 0 bridgehead atoms. The fraction of sp³-hybridized carbons (Fsp3) is 0.0714. The summed E-state index contributed by atoms with van der Waals surface area (Å²) in [6, 6.07) is 15.2. The van der Waals surface area contributed by atoms with Crippen LogP contribution in [0.5, 0.6) is 0 Å². The third-order valence-electron chi connectivity index (χ3n) is 2.53. The van der Waals surface area contributed by atoms with Gasteiger partial charge in [-0.3, -0.25) is 0 Å². The van der Waals surface area contributed by atoms with Crippen LogP contribution in [0.15, 0.2) is 42.5 Å². The zero-order valence-electron chi connectivity index (χ0n) is 9.57.